The van der Waals surface area contributed by atoms with E-state index in [0.29, 0.717) is 37.5 Å². The van der Waals surface area contributed by atoms with Crippen molar-refractivity contribution >= 4 is 16.7 Å². The highest BCUT2D eigenvalue weighted by Crippen LogP contribution is 2.34. The van der Waals surface area contributed by atoms with Crippen molar-refractivity contribution in [1.82, 2.24) is 24.6 Å². The number of aryl methyl sites for hydroxylation is 2. The van der Waals surface area contributed by atoms with Gasteiger partial charge in [0, 0.05) is 30.6 Å². The SMILES string of the molecule is Cc1nc(N2CCOC[C@@H]2CO)cc(-n2ncc3cc(C)c(C4CCN(C5CCOC5)CC4)cc32)n1. The Kier molecular flexibility index (Phi) is 6.64. The molecule has 6 rings (SSSR count). The van der Waals surface area contributed by atoms with Crippen LogP contribution in [0.2, 0.25) is 0 Å². The second kappa shape index (κ2) is 10.0. The van der Waals surface area contributed by atoms with Gasteiger partial charge in [-0.05, 0) is 75.4 Å². The predicted octanol–water partition coefficient (Wildman–Crippen LogP) is 2.60. The summed E-state index contributed by atoms with van der Waals surface area (Å²) in [5, 5.41) is 15.7. The molecule has 3 fully saturated rings. The van der Waals surface area contributed by atoms with Gasteiger partial charge in [-0.2, -0.15) is 5.10 Å². The molecule has 2 aromatic heterocycles. The topological polar surface area (TPSA) is 88.8 Å². The number of aromatic nitrogens is 4. The summed E-state index contributed by atoms with van der Waals surface area (Å²) in [5.74, 6) is 2.79. The minimum Gasteiger partial charge on any atom is -0.394 e. The lowest BCUT2D eigenvalue weighted by molar-refractivity contribution is 0.0722. The molecule has 9 nitrogen and oxygen atoms in total. The predicted molar refractivity (Wildman–Crippen MR) is 138 cm³/mol. The van der Waals surface area contributed by atoms with Crippen molar-refractivity contribution in [2.75, 3.05) is 57.6 Å². The van der Waals surface area contributed by atoms with Gasteiger partial charge in [0.05, 0.1) is 44.2 Å². The van der Waals surface area contributed by atoms with Gasteiger partial charge in [-0.15, -0.1) is 0 Å². The third kappa shape index (κ3) is 4.49. The molecule has 0 saturated carbocycles. The third-order valence-electron chi connectivity index (χ3n) is 8.11. The van der Waals surface area contributed by atoms with Crippen LogP contribution in [-0.2, 0) is 9.47 Å². The highest BCUT2D eigenvalue weighted by molar-refractivity contribution is 5.82. The van der Waals surface area contributed by atoms with Gasteiger partial charge in [-0.3, -0.25) is 4.90 Å². The summed E-state index contributed by atoms with van der Waals surface area (Å²) in [7, 11) is 0. The number of fused-ring (bicyclic) bond motifs is 1. The number of ether oxygens (including phenoxy) is 2. The molecule has 3 aliphatic heterocycles. The summed E-state index contributed by atoms with van der Waals surface area (Å²) in [5.41, 5.74) is 3.83. The number of likely N-dealkylation sites (tertiary alicyclic amines) is 1. The van der Waals surface area contributed by atoms with E-state index in [1.54, 1.807) is 0 Å². The van der Waals surface area contributed by atoms with E-state index in [-0.39, 0.29) is 12.6 Å². The van der Waals surface area contributed by atoms with Crippen LogP contribution in [0.3, 0.4) is 0 Å². The van der Waals surface area contributed by atoms with Crippen molar-refractivity contribution in [2.45, 2.75) is 51.1 Å². The maximum Gasteiger partial charge on any atom is 0.159 e. The summed E-state index contributed by atoms with van der Waals surface area (Å²) < 4.78 is 13.1. The van der Waals surface area contributed by atoms with Gasteiger partial charge >= 0.3 is 0 Å². The van der Waals surface area contributed by atoms with Crippen molar-refractivity contribution < 1.29 is 14.6 Å². The van der Waals surface area contributed by atoms with E-state index in [1.165, 1.54) is 30.4 Å². The largest absolute Gasteiger partial charge is 0.394 e. The molecule has 3 aromatic rings. The van der Waals surface area contributed by atoms with Gasteiger partial charge in [-0.1, -0.05) is 0 Å². The van der Waals surface area contributed by atoms with Crippen molar-refractivity contribution in [1.29, 1.82) is 0 Å². The lowest BCUT2D eigenvalue weighted by Gasteiger charge is -2.36. The molecule has 3 saturated heterocycles. The van der Waals surface area contributed by atoms with Crippen LogP contribution >= 0.6 is 0 Å². The Hall–Kier alpha value is -2.59. The molecule has 36 heavy (non-hydrogen) atoms. The molecule has 0 amide bonds. The van der Waals surface area contributed by atoms with E-state index >= 15 is 0 Å². The minimum atomic E-state index is -0.105. The molecule has 5 heterocycles. The zero-order chi connectivity index (χ0) is 24.6. The summed E-state index contributed by atoms with van der Waals surface area (Å²) in [4.78, 5) is 14.2. The molecule has 1 unspecified atom stereocenters. The first-order valence-corrected chi connectivity index (χ1v) is 13.2. The van der Waals surface area contributed by atoms with Crippen LogP contribution < -0.4 is 4.90 Å². The number of piperidine rings is 1. The highest BCUT2D eigenvalue weighted by Gasteiger charge is 2.29. The summed E-state index contributed by atoms with van der Waals surface area (Å²) in [6.45, 7) is 10.0. The van der Waals surface area contributed by atoms with Crippen LogP contribution in [-0.4, -0.2) is 94.5 Å². The minimum absolute atomic E-state index is 0.0261. The molecule has 1 N–H and O–H groups in total. The molecule has 0 radical (unpaired) electrons. The average molecular weight is 493 g/mol. The zero-order valence-electron chi connectivity index (χ0n) is 21.3. The smallest absolute Gasteiger partial charge is 0.159 e. The highest BCUT2D eigenvalue weighted by atomic mass is 16.5. The van der Waals surface area contributed by atoms with Gasteiger partial charge in [0.1, 0.15) is 11.6 Å². The van der Waals surface area contributed by atoms with Gasteiger partial charge in [0.25, 0.3) is 0 Å². The number of anilines is 1. The number of aliphatic hydroxyl groups is 1. The Morgan fingerprint density at radius 3 is 2.53 bits per heavy atom. The molecule has 0 aliphatic carbocycles. The number of benzene rings is 1. The number of aliphatic hydroxyl groups excluding tert-OH is 1. The molecule has 9 heteroatoms. The molecule has 0 bridgehead atoms. The first-order chi connectivity index (χ1) is 17.6. The van der Waals surface area contributed by atoms with Crippen molar-refractivity contribution in [2.24, 2.45) is 0 Å². The quantitative estimate of drug-likeness (QED) is 0.582. The van der Waals surface area contributed by atoms with Gasteiger partial charge in [-0.25, -0.2) is 14.6 Å². The van der Waals surface area contributed by atoms with Crippen molar-refractivity contribution in [3.8, 4) is 5.82 Å². The Labute approximate surface area is 212 Å². The number of nitrogens with zero attached hydrogens (tertiary/aromatic N) is 6. The normalized spacial score (nSPS) is 24.1. The standard InChI is InChI=1S/C27H36N6O3/c1-18-11-21-14-28-33(27-13-26(29-19(2)30-27)32-8-10-36-17-23(32)15-34)25(21)12-24(18)20-3-6-31(7-4-20)22-5-9-35-16-22/h11-14,20,22-23,34H,3-10,15-17H2,1-2H3/t22?,23-/m0/s1. The molecule has 2 atom stereocenters. The van der Waals surface area contributed by atoms with Crippen LogP contribution in [0.15, 0.2) is 24.4 Å². The van der Waals surface area contributed by atoms with Crippen LogP contribution in [0.5, 0.6) is 0 Å². The summed E-state index contributed by atoms with van der Waals surface area (Å²) >= 11 is 0. The van der Waals surface area contributed by atoms with Gasteiger partial charge in [0.15, 0.2) is 5.82 Å². The van der Waals surface area contributed by atoms with E-state index in [9.17, 15) is 5.11 Å². The fourth-order valence-electron chi connectivity index (χ4n) is 6.11. The zero-order valence-corrected chi connectivity index (χ0v) is 21.3. The molecular formula is C27H36N6O3. The summed E-state index contributed by atoms with van der Waals surface area (Å²) in [6.07, 6.45) is 5.44. The van der Waals surface area contributed by atoms with Gasteiger partial charge < -0.3 is 19.5 Å². The number of rotatable bonds is 5. The van der Waals surface area contributed by atoms with Crippen LogP contribution in [0.4, 0.5) is 5.82 Å². The Morgan fingerprint density at radius 1 is 0.944 bits per heavy atom. The van der Waals surface area contributed by atoms with Crippen LogP contribution in [0.1, 0.15) is 42.1 Å². The molecule has 192 valence electrons. The van der Waals surface area contributed by atoms with Crippen LogP contribution in [0, 0.1) is 13.8 Å². The number of hydrogen-bond acceptors (Lipinski definition) is 8. The lowest BCUT2D eigenvalue weighted by Crippen LogP contribution is -2.48. The first-order valence-electron chi connectivity index (χ1n) is 13.2. The molecular weight excluding hydrogens is 456 g/mol. The molecule has 3 aliphatic rings. The Morgan fingerprint density at radius 2 is 1.75 bits per heavy atom. The Bertz CT molecular complexity index is 1220. The maximum absolute atomic E-state index is 9.85. The fraction of sp³-hybridized carbons (Fsp3) is 0.593. The maximum atomic E-state index is 9.85. The van der Waals surface area contributed by atoms with Crippen molar-refractivity contribution in [3.05, 3.63) is 41.3 Å². The molecule has 1 aromatic carbocycles. The second-order valence-corrected chi connectivity index (χ2v) is 10.4. The van der Waals surface area contributed by atoms with Gasteiger partial charge in [0.2, 0.25) is 0 Å². The fourth-order valence-corrected chi connectivity index (χ4v) is 6.11. The Balaban J connectivity index is 1.30. The van der Waals surface area contributed by atoms with E-state index in [4.69, 9.17) is 19.6 Å². The van der Waals surface area contributed by atoms with E-state index in [1.807, 2.05) is 23.9 Å². The van der Waals surface area contributed by atoms with E-state index in [0.717, 1.165) is 48.8 Å². The monoisotopic (exact) mass is 492 g/mol. The summed E-state index contributed by atoms with van der Waals surface area (Å²) in [6, 6.07) is 7.08. The lowest BCUT2D eigenvalue weighted by atomic mass is 9.86. The van der Waals surface area contributed by atoms with E-state index in [2.05, 4.69) is 33.8 Å². The van der Waals surface area contributed by atoms with Crippen molar-refractivity contribution in [3.63, 3.8) is 0 Å². The third-order valence-corrected chi connectivity index (χ3v) is 8.11. The number of hydrogen-bond donors (Lipinski definition) is 1. The van der Waals surface area contributed by atoms with E-state index < -0.39 is 0 Å². The second-order valence-electron chi connectivity index (χ2n) is 10.4. The van der Waals surface area contributed by atoms with Crippen LogP contribution in [0.25, 0.3) is 16.7 Å². The molecule has 0 spiro atoms. The average Bonchev–Trinajstić information content (AvgIpc) is 3.58. The first kappa shape index (κ1) is 23.8. The number of morpholine rings is 1.